The molecule has 0 spiro atoms. The van der Waals surface area contributed by atoms with Crippen LogP contribution in [0.15, 0.2) is 71.9 Å². The molecule has 0 aliphatic carbocycles. The maximum atomic E-state index is 12.9. The van der Waals surface area contributed by atoms with Gasteiger partial charge in [0, 0.05) is 18.0 Å². The Kier molecular flexibility index (Phi) is 4.90. The molecule has 1 aromatic heterocycles. The summed E-state index contributed by atoms with van der Waals surface area (Å²) in [5, 5.41) is 0. The van der Waals surface area contributed by atoms with Crippen LogP contribution in [-0.2, 0) is 10.0 Å². The van der Waals surface area contributed by atoms with Crippen LogP contribution >= 0.6 is 0 Å². The maximum Gasteiger partial charge on any atom is 0.321 e. The second-order valence-corrected chi connectivity index (χ2v) is 6.73. The highest BCUT2D eigenvalue weighted by Gasteiger charge is 2.18. The average molecular weight is 373 g/mol. The lowest BCUT2D eigenvalue weighted by Crippen LogP contribution is -2.30. The highest BCUT2D eigenvalue weighted by Crippen LogP contribution is 2.18. The van der Waals surface area contributed by atoms with Crippen molar-refractivity contribution >= 4 is 15.9 Å². The van der Waals surface area contributed by atoms with E-state index in [1.165, 1.54) is 36.7 Å². The van der Waals surface area contributed by atoms with E-state index in [4.69, 9.17) is 4.74 Å². The Morgan fingerprint density at radius 2 is 1.58 bits per heavy atom. The molecule has 1 amide bonds. The van der Waals surface area contributed by atoms with Crippen molar-refractivity contribution < 1.29 is 22.3 Å². The van der Waals surface area contributed by atoms with E-state index in [-0.39, 0.29) is 16.5 Å². The second-order valence-electron chi connectivity index (χ2n) is 5.05. The number of nitrogens with zero attached hydrogens (tertiary/aromatic N) is 2. The van der Waals surface area contributed by atoms with Gasteiger partial charge in [-0.05, 0) is 54.6 Å². The number of halogens is 1. The van der Waals surface area contributed by atoms with Gasteiger partial charge in [0.25, 0.3) is 15.9 Å². The second kappa shape index (κ2) is 7.28. The van der Waals surface area contributed by atoms with Gasteiger partial charge in [0.15, 0.2) is 0 Å². The lowest BCUT2D eigenvalue weighted by atomic mass is 10.2. The zero-order chi connectivity index (χ0) is 18.6. The molecule has 2 aromatic carbocycles. The number of ether oxygens (including phenoxy) is 1. The molecule has 0 atom stereocenters. The predicted molar refractivity (Wildman–Crippen MR) is 89.6 cm³/mol. The minimum Gasteiger partial charge on any atom is -0.424 e. The lowest BCUT2D eigenvalue weighted by molar-refractivity contribution is 0.0981. The molecule has 0 radical (unpaired) electrons. The molecule has 132 valence electrons. The van der Waals surface area contributed by atoms with Gasteiger partial charge in [-0.2, -0.15) is 0 Å². The zero-order valence-electron chi connectivity index (χ0n) is 13.2. The number of benzene rings is 2. The van der Waals surface area contributed by atoms with Crippen LogP contribution in [0.4, 0.5) is 4.39 Å². The van der Waals surface area contributed by atoms with Crippen molar-refractivity contribution in [3.05, 3.63) is 78.4 Å². The van der Waals surface area contributed by atoms with Crippen molar-refractivity contribution in [2.24, 2.45) is 0 Å². The molecule has 3 aromatic rings. The van der Waals surface area contributed by atoms with E-state index < -0.39 is 21.7 Å². The van der Waals surface area contributed by atoms with Crippen LogP contribution in [0.25, 0.3) is 0 Å². The first kappa shape index (κ1) is 17.5. The topological polar surface area (TPSA) is 98.2 Å². The van der Waals surface area contributed by atoms with Gasteiger partial charge in [-0.3, -0.25) is 4.79 Å². The summed E-state index contributed by atoms with van der Waals surface area (Å²) in [5.74, 6) is -1.01. The molecule has 0 aliphatic heterocycles. The first-order valence-corrected chi connectivity index (χ1v) is 8.80. The monoisotopic (exact) mass is 373 g/mol. The van der Waals surface area contributed by atoms with Gasteiger partial charge in [0.1, 0.15) is 11.6 Å². The molecule has 0 bridgehead atoms. The molecule has 9 heteroatoms. The lowest BCUT2D eigenvalue weighted by Gasteiger charge is -2.08. The fourth-order valence-electron chi connectivity index (χ4n) is 1.97. The molecule has 1 N–H and O–H groups in total. The van der Waals surface area contributed by atoms with Crippen LogP contribution in [0.3, 0.4) is 0 Å². The summed E-state index contributed by atoms with van der Waals surface area (Å²) in [6.45, 7) is 0. The quantitative estimate of drug-likeness (QED) is 0.738. The van der Waals surface area contributed by atoms with Crippen molar-refractivity contribution in [1.82, 2.24) is 14.7 Å². The maximum absolute atomic E-state index is 12.9. The van der Waals surface area contributed by atoms with Crippen LogP contribution in [0.2, 0.25) is 0 Å². The molecule has 0 fully saturated rings. The Labute approximate surface area is 148 Å². The summed E-state index contributed by atoms with van der Waals surface area (Å²) in [6, 6.07) is 11.7. The minimum absolute atomic E-state index is 0.108. The Bertz CT molecular complexity index is 1010. The molecule has 26 heavy (non-hydrogen) atoms. The molecule has 1 heterocycles. The number of rotatable bonds is 5. The first-order valence-electron chi connectivity index (χ1n) is 7.32. The van der Waals surface area contributed by atoms with E-state index in [1.807, 2.05) is 4.72 Å². The summed E-state index contributed by atoms with van der Waals surface area (Å²) < 4.78 is 44.5. The Morgan fingerprint density at radius 3 is 2.19 bits per heavy atom. The molecule has 7 nitrogen and oxygen atoms in total. The number of sulfonamides is 1. The summed E-state index contributed by atoms with van der Waals surface area (Å²) >= 11 is 0. The van der Waals surface area contributed by atoms with E-state index in [2.05, 4.69) is 9.97 Å². The fourth-order valence-corrected chi connectivity index (χ4v) is 2.95. The smallest absolute Gasteiger partial charge is 0.321 e. The number of hydrogen-bond acceptors (Lipinski definition) is 6. The molecule has 0 aliphatic rings. The summed E-state index contributed by atoms with van der Waals surface area (Å²) in [5.41, 5.74) is 0.108. The third-order valence-electron chi connectivity index (χ3n) is 3.22. The van der Waals surface area contributed by atoms with Gasteiger partial charge in [0.2, 0.25) is 0 Å². The number of carbonyl (C=O) groups excluding carboxylic acids is 1. The predicted octanol–water partition coefficient (Wildman–Crippen LogP) is 2.53. The average Bonchev–Trinajstić information content (AvgIpc) is 2.63. The number of carbonyl (C=O) groups is 1. The van der Waals surface area contributed by atoms with E-state index in [9.17, 15) is 17.6 Å². The van der Waals surface area contributed by atoms with Crippen LogP contribution < -0.4 is 9.46 Å². The van der Waals surface area contributed by atoms with Crippen molar-refractivity contribution in [1.29, 1.82) is 0 Å². The van der Waals surface area contributed by atoms with Gasteiger partial charge < -0.3 is 4.74 Å². The van der Waals surface area contributed by atoms with E-state index in [0.717, 1.165) is 24.3 Å². The van der Waals surface area contributed by atoms with Crippen molar-refractivity contribution in [2.75, 3.05) is 0 Å². The van der Waals surface area contributed by atoms with Crippen LogP contribution in [0.1, 0.15) is 10.4 Å². The van der Waals surface area contributed by atoms with E-state index in [0.29, 0.717) is 5.75 Å². The Balaban J connectivity index is 1.71. The molecule has 0 unspecified atom stereocenters. The molecule has 3 rings (SSSR count). The number of amides is 1. The van der Waals surface area contributed by atoms with E-state index in [1.54, 1.807) is 6.07 Å². The normalized spacial score (nSPS) is 11.0. The molecule has 0 saturated heterocycles. The zero-order valence-corrected chi connectivity index (χ0v) is 14.0. The Morgan fingerprint density at radius 1 is 0.962 bits per heavy atom. The summed E-state index contributed by atoms with van der Waals surface area (Å²) in [6.07, 6.45) is 3.04. The molecule has 0 saturated carbocycles. The van der Waals surface area contributed by atoms with Crippen molar-refractivity contribution in [3.63, 3.8) is 0 Å². The van der Waals surface area contributed by atoms with Crippen molar-refractivity contribution in [3.8, 4) is 11.8 Å². The van der Waals surface area contributed by atoms with Gasteiger partial charge in [-0.15, -0.1) is 0 Å². The standard InChI is InChI=1S/C17H12FN3O4S/c18-13-4-8-15(9-5-13)26(23,24)21-16(22)12-2-6-14(7-3-12)25-17-19-10-1-11-20-17/h1-11H,(H,21,22). The SMILES string of the molecule is O=C(NS(=O)(=O)c1ccc(F)cc1)c1ccc(Oc2ncccn2)cc1. The minimum atomic E-state index is -4.10. The van der Waals surface area contributed by atoms with E-state index >= 15 is 0 Å². The van der Waals surface area contributed by atoms with Gasteiger partial charge in [-0.25, -0.2) is 27.5 Å². The van der Waals surface area contributed by atoms with Crippen LogP contribution in [-0.4, -0.2) is 24.3 Å². The molecular weight excluding hydrogens is 361 g/mol. The van der Waals surface area contributed by atoms with Gasteiger partial charge in [-0.1, -0.05) is 0 Å². The van der Waals surface area contributed by atoms with Gasteiger partial charge >= 0.3 is 6.01 Å². The molecular formula is C17H12FN3O4S. The van der Waals surface area contributed by atoms with Crippen LogP contribution in [0.5, 0.6) is 11.8 Å². The third-order valence-corrected chi connectivity index (χ3v) is 4.57. The largest absolute Gasteiger partial charge is 0.424 e. The highest BCUT2D eigenvalue weighted by atomic mass is 32.2. The number of hydrogen-bond donors (Lipinski definition) is 1. The number of nitrogens with one attached hydrogen (secondary N) is 1. The highest BCUT2D eigenvalue weighted by molar-refractivity contribution is 7.90. The first-order chi connectivity index (χ1) is 12.4. The third kappa shape index (κ3) is 4.19. The summed E-state index contributed by atoms with van der Waals surface area (Å²) in [4.78, 5) is 19.7. The Hall–Kier alpha value is -3.33. The van der Waals surface area contributed by atoms with Gasteiger partial charge in [0.05, 0.1) is 4.90 Å². The van der Waals surface area contributed by atoms with Crippen molar-refractivity contribution in [2.45, 2.75) is 4.90 Å². The fraction of sp³-hybridized carbons (Fsp3) is 0. The number of aromatic nitrogens is 2. The summed E-state index contributed by atoms with van der Waals surface area (Å²) in [7, 11) is -4.10. The van der Waals surface area contributed by atoms with Crippen LogP contribution in [0, 0.1) is 5.82 Å².